The number of nitrogens with two attached hydrogens (primary N) is 1. The van der Waals surface area contributed by atoms with Crippen molar-refractivity contribution in [1.29, 1.82) is 0 Å². The van der Waals surface area contributed by atoms with Gasteiger partial charge in [0, 0.05) is 18.8 Å². The summed E-state index contributed by atoms with van der Waals surface area (Å²) in [5.41, 5.74) is 7.20. The number of anilines is 1. The lowest BCUT2D eigenvalue weighted by molar-refractivity contribution is 0.0748. The molecular formula is C16H16ClFN2O. The summed E-state index contributed by atoms with van der Waals surface area (Å²) in [5.74, 6) is -1.06. The van der Waals surface area contributed by atoms with Gasteiger partial charge < -0.3 is 10.6 Å². The standard InChI is InChI=1S/C16H16ClFN2O/c1-2-20(10-11-6-3-4-9-14(11)19)16(21)15-12(17)7-5-8-13(15)18/h3-9H,2,10,19H2,1H3. The fraction of sp³-hybridized carbons (Fsp3) is 0.188. The molecule has 3 nitrogen and oxygen atoms in total. The highest BCUT2D eigenvalue weighted by Gasteiger charge is 2.21. The molecule has 0 saturated carbocycles. The average Bonchev–Trinajstić information content (AvgIpc) is 2.46. The number of benzene rings is 2. The largest absolute Gasteiger partial charge is 0.398 e. The number of amides is 1. The molecule has 0 aliphatic carbocycles. The van der Waals surface area contributed by atoms with E-state index in [9.17, 15) is 9.18 Å². The van der Waals surface area contributed by atoms with Crippen LogP contribution in [0.25, 0.3) is 0 Å². The van der Waals surface area contributed by atoms with Gasteiger partial charge in [0.2, 0.25) is 0 Å². The van der Waals surface area contributed by atoms with Gasteiger partial charge in [0.1, 0.15) is 5.82 Å². The maximum Gasteiger partial charge on any atom is 0.258 e. The predicted molar refractivity (Wildman–Crippen MR) is 82.7 cm³/mol. The van der Waals surface area contributed by atoms with Crippen LogP contribution in [-0.2, 0) is 6.54 Å². The average molecular weight is 307 g/mol. The van der Waals surface area contributed by atoms with Crippen molar-refractivity contribution in [2.45, 2.75) is 13.5 Å². The molecular weight excluding hydrogens is 291 g/mol. The summed E-state index contributed by atoms with van der Waals surface area (Å²) >= 11 is 5.95. The molecule has 0 bridgehead atoms. The Bertz CT molecular complexity index is 640. The minimum atomic E-state index is -0.619. The minimum absolute atomic E-state index is 0.101. The number of carbonyl (C=O) groups is 1. The van der Waals surface area contributed by atoms with Gasteiger partial charge in [-0.05, 0) is 30.7 Å². The summed E-state index contributed by atoms with van der Waals surface area (Å²) in [6, 6.07) is 11.5. The SMILES string of the molecule is CCN(Cc1ccccc1N)C(=O)c1c(F)cccc1Cl. The summed E-state index contributed by atoms with van der Waals surface area (Å²) in [7, 11) is 0. The maximum atomic E-state index is 13.9. The van der Waals surface area contributed by atoms with Gasteiger partial charge in [-0.25, -0.2) is 4.39 Å². The number of rotatable bonds is 4. The zero-order chi connectivity index (χ0) is 15.4. The number of nitrogens with zero attached hydrogens (tertiary/aromatic N) is 1. The van der Waals surface area contributed by atoms with Crippen LogP contribution in [0.1, 0.15) is 22.8 Å². The molecule has 0 saturated heterocycles. The monoisotopic (exact) mass is 306 g/mol. The molecule has 0 heterocycles. The highest BCUT2D eigenvalue weighted by molar-refractivity contribution is 6.33. The highest BCUT2D eigenvalue weighted by Crippen LogP contribution is 2.22. The van der Waals surface area contributed by atoms with Gasteiger partial charge in [-0.2, -0.15) is 0 Å². The van der Waals surface area contributed by atoms with Crippen LogP contribution in [0.3, 0.4) is 0 Å². The molecule has 2 aromatic carbocycles. The molecule has 0 radical (unpaired) electrons. The Morgan fingerprint density at radius 1 is 1.24 bits per heavy atom. The van der Waals surface area contributed by atoms with Gasteiger partial charge in [0.05, 0.1) is 10.6 Å². The fourth-order valence-corrected chi connectivity index (χ4v) is 2.32. The Balaban J connectivity index is 2.30. The quantitative estimate of drug-likeness (QED) is 0.875. The van der Waals surface area contributed by atoms with Gasteiger partial charge in [0.25, 0.3) is 5.91 Å². The van der Waals surface area contributed by atoms with Crippen LogP contribution in [0.5, 0.6) is 0 Å². The van der Waals surface area contributed by atoms with Crippen molar-refractivity contribution < 1.29 is 9.18 Å². The molecule has 0 spiro atoms. The number of halogens is 2. The van der Waals surface area contributed by atoms with E-state index in [1.165, 1.54) is 23.1 Å². The topological polar surface area (TPSA) is 46.3 Å². The van der Waals surface area contributed by atoms with Crippen molar-refractivity contribution in [1.82, 2.24) is 4.90 Å². The van der Waals surface area contributed by atoms with Crippen LogP contribution in [-0.4, -0.2) is 17.4 Å². The van der Waals surface area contributed by atoms with Crippen molar-refractivity contribution >= 4 is 23.2 Å². The van der Waals surface area contributed by atoms with Crippen LogP contribution in [0.4, 0.5) is 10.1 Å². The summed E-state index contributed by atoms with van der Waals surface area (Å²) < 4.78 is 13.9. The fourth-order valence-electron chi connectivity index (χ4n) is 2.07. The second kappa shape index (κ2) is 6.59. The molecule has 2 rings (SSSR count). The van der Waals surface area contributed by atoms with Crippen LogP contribution < -0.4 is 5.73 Å². The van der Waals surface area contributed by atoms with Crippen molar-refractivity contribution in [3.63, 3.8) is 0 Å². The van der Waals surface area contributed by atoms with E-state index in [1.807, 2.05) is 25.1 Å². The van der Waals surface area contributed by atoms with E-state index in [1.54, 1.807) is 6.07 Å². The Hall–Kier alpha value is -2.07. The van der Waals surface area contributed by atoms with E-state index >= 15 is 0 Å². The first-order valence-electron chi connectivity index (χ1n) is 6.61. The third kappa shape index (κ3) is 3.34. The molecule has 110 valence electrons. The Labute approximate surface area is 128 Å². The minimum Gasteiger partial charge on any atom is -0.398 e. The second-order valence-electron chi connectivity index (χ2n) is 4.61. The van der Waals surface area contributed by atoms with Crippen LogP contribution in [0, 0.1) is 5.82 Å². The van der Waals surface area contributed by atoms with Gasteiger partial charge in [-0.15, -0.1) is 0 Å². The van der Waals surface area contributed by atoms with Crippen LogP contribution >= 0.6 is 11.6 Å². The summed E-state index contributed by atoms with van der Waals surface area (Å²) in [6.45, 7) is 2.57. The first-order chi connectivity index (χ1) is 10.0. The smallest absolute Gasteiger partial charge is 0.258 e. The lowest BCUT2D eigenvalue weighted by Gasteiger charge is -2.22. The summed E-state index contributed by atoms with van der Waals surface area (Å²) in [6.07, 6.45) is 0. The summed E-state index contributed by atoms with van der Waals surface area (Å²) in [5, 5.41) is 0.111. The lowest BCUT2D eigenvalue weighted by Crippen LogP contribution is -2.31. The number of hydrogen-bond acceptors (Lipinski definition) is 2. The zero-order valence-electron chi connectivity index (χ0n) is 11.6. The van der Waals surface area contributed by atoms with Crippen molar-refractivity contribution in [3.05, 3.63) is 64.4 Å². The molecule has 0 atom stereocenters. The molecule has 21 heavy (non-hydrogen) atoms. The maximum absolute atomic E-state index is 13.9. The van der Waals surface area contributed by atoms with Gasteiger partial charge in [-0.3, -0.25) is 4.79 Å². The molecule has 1 amide bonds. The second-order valence-corrected chi connectivity index (χ2v) is 5.02. The number of hydrogen-bond donors (Lipinski definition) is 1. The van der Waals surface area contributed by atoms with E-state index in [4.69, 9.17) is 17.3 Å². The molecule has 5 heteroatoms. The van der Waals surface area contributed by atoms with E-state index in [0.717, 1.165) is 5.56 Å². The van der Waals surface area contributed by atoms with Gasteiger partial charge >= 0.3 is 0 Å². The Kier molecular flexibility index (Phi) is 4.81. The van der Waals surface area contributed by atoms with E-state index in [2.05, 4.69) is 0 Å². The number of carbonyl (C=O) groups excluding carboxylic acids is 1. The highest BCUT2D eigenvalue weighted by atomic mass is 35.5. The first kappa shape index (κ1) is 15.3. The third-order valence-corrected chi connectivity index (χ3v) is 3.58. The van der Waals surface area contributed by atoms with Gasteiger partial charge in [-0.1, -0.05) is 35.9 Å². The lowest BCUT2D eigenvalue weighted by atomic mass is 10.1. The predicted octanol–water partition coefficient (Wildman–Crippen LogP) is 3.72. The molecule has 0 fully saturated rings. The van der Waals surface area contributed by atoms with Crippen LogP contribution in [0.15, 0.2) is 42.5 Å². The summed E-state index contributed by atoms with van der Waals surface area (Å²) in [4.78, 5) is 14.0. The Morgan fingerprint density at radius 2 is 1.95 bits per heavy atom. The first-order valence-corrected chi connectivity index (χ1v) is 6.99. The van der Waals surface area contributed by atoms with Crippen molar-refractivity contribution in [3.8, 4) is 0 Å². The van der Waals surface area contributed by atoms with Crippen molar-refractivity contribution in [2.24, 2.45) is 0 Å². The normalized spacial score (nSPS) is 10.4. The van der Waals surface area contributed by atoms with E-state index in [-0.39, 0.29) is 10.6 Å². The number of nitrogen functional groups attached to an aromatic ring is 1. The molecule has 2 aromatic rings. The molecule has 0 aliphatic heterocycles. The molecule has 2 N–H and O–H groups in total. The Morgan fingerprint density at radius 3 is 2.57 bits per heavy atom. The van der Waals surface area contributed by atoms with Gasteiger partial charge in [0.15, 0.2) is 0 Å². The van der Waals surface area contributed by atoms with E-state index in [0.29, 0.717) is 18.8 Å². The molecule has 0 aromatic heterocycles. The van der Waals surface area contributed by atoms with E-state index < -0.39 is 11.7 Å². The van der Waals surface area contributed by atoms with Crippen LogP contribution in [0.2, 0.25) is 5.02 Å². The molecule has 0 aliphatic rings. The van der Waals surface area contributed by atoms with Crippen molar-refractivity contribution in [2.75, 3.05) is 12.3 Å². The zero-order valence-corrected chi connectivity index (χ0v) is 12.4. The molecule has 0 unspecified atom stereocenters. The third-order valence-electron chi connectivity index (χ3n) is 3.26. The number of para-hydroxylation sites is 1.